The lowest BCUT2D eigenvalue weighted by atomic mass is 9.85. The number of nitrogens with one attached hydrogen (secondary N) is 2. The van der Waals surface area contributed by atoms with Gasteiger partial charge in [-0.2, -0.15) is 0 Å². The SMILES string of the molecule is Cc1nc2c([nH]1)CN(C(=O)C1CCC(Nc3ncnc4sccc34)CC1)CC2.O=CO. The number of aryl methyl sites for hydroxylation is 1. The van der Waals surface area contributed by atoms with Gasteiger partial charge < -0.3 is 20.3 Å². The van der Waals surface area contributed by atoms with E-state index in [0.717, 1.165) is 71.9 Å². The van der Waals surface area contributed by atoms with Gasteiger partial charge in [0, 0.05) is 24.9 Å². The van der Waals surface area contributed by atoms with Crippen LogP contribution in [0.15, 0.2) is 17.8 Å². The van der Waals surface area contributed by atoms with Crippen LogP contribution in [0, 0.1) is 12.8 Å². The normalized spacial score (nSPS) is 20.5. The van der Waals surface area contributed by atoms with Crippen molar-refractivity contribution in [2.45, 2.75) is 51.6 Å². The molecule has 1 aliphatic heterocycles. The van der Waals surface area contributed by atoms with Gasteiger partial charge in [-0.15, -0.1) is 11.3 Å². The van der Waals surface area contributed by atoms with E-state index in [-0.39, 0.29) is 12.4 Å². The highest BCUT2D eigenvalue weighted by molar-refractivity contribution is 7.16. The van der Waals surface area contributed by atoms with Crippen LogP contribution in [0.3, 0.4) is 0 Å². The average molecular weight is 443 g/mol. The molecule has 0 radical (unpaired) electrons. The zero-order valence-electron chi connectivity index (χ0n) is 17.4. The third-order valence-electron chi connectivity index (χ3n) is 5.94. The number of carbonyl (C=O) groups excluding carboxylic acids is 1. The largest absolute Gasteiger partial charge is 0.483 e. The first-order valence-corrected chi connectivity index (χ1v) is 11.3. The number of carbonyl (C=O) groups is 2. The quantitative estimate of drug-likeness (QED) is 0.533. The third kappa shape index (κ3) is 4.68. The molecular formula is C21H26N6O3S. The summed E-state index contributed by atoms with van der Waals surface area (Å²) in [5.41, 5.74) is 2.23. The third-order valence-corrected chi connectivity index (χ3v) is 6.76. The number of thiophene rings is 1. The number of hydrogen-bond donors (Lipinski definition) is 3. The smallest absolute Gasteiger partial charge is 0.290 e. The first-order chi connectivity index (χ1) is 15.1. The molecule has 1 saturated carbocycles. The molecule has 1 aliphatic carbocycles. The molecule has 0 saturated heterocycles. The second-order valence-corrected chi connectivity index (χ2v) is 8.81. The topological polar surface area (TPSA) is 124 Å². The molecule has 0 spiro atoms. The van der Waals surface area contributed by atoms with Crippen LogP contribution in [0.1, 0.15) is 42.9 Å². The fourth-order valence-corrected chi connectivity index (χ4v) is 5.20. The van der Waals surface area contributed by atoms with Crippen molar-refractivity contribution < 1.29 is 14.7 Å². The van der Waals surface area contributed by atoms with Gasteiger partial charge in [0.25, 0.3) is 6.47 Å². The molecule has 0 aromatic carbocycles. The zero-order valence-corrected chi connectivity index (χ0v) is 18.2. The van der Waals surface area contributed by atoms with Crippen LogP contribution in [0.4, 0.5) is 5.82 Å². The van der Waals surface area contributed by atoms with Crippen molar-refractivity contribution in [3.63, 3.8) is 0 Å². The van der Waals surface area contributed by atoms with Gasteiger partial charge in [0.15, 0.2) is 0 Å². The maximum absolute atomic E-state index is 13.0. The summed E-state index contributed by atoms with van der Waals surface area (Å²) in [6.45, 7) is 3.18. The fraction of sp³-hybridized carbons (Fsp3) is 0.476. The van der Waals surface area contributed by atoms with Gasteiger partial charge >= 0.3 is 0 Å². The van der Waals surface area contributed by atoms with E-state index in [9.17, 15) is 4.79 Å². The summed E-state index contributed by atoms with van der Waals surface area (Å²) in [6.07, 6.45) is 6.33. The predicted molar refractivity (Wildman–Crippen MR) is 118 cm³/mol. The van der Waals surface area contributed by atoms with Crippen molar-refractivity contribution in [3.8, 4) is 0 Å². The van der Waals surface area contributed by atoms with Crippen LogP contribution < -0.4 is 5.32 Å². The molecule has 1 amide bonds. The molecule has 9 nitrogen and oxygen atoms in total. The van der Waals surface area contributed by atoms with Gasteiger partial charge in [-0.3, -0.25) is 9.59 Å². The Morgan fingerprint density at radius 2 is 2.10 bits per heavy atom. The summed E-state index contributed by atoms with van der Waals surface area (Å²) in [7, 11) is 0. The highest BCUT2D eigenvalue weighted by Crippen LogP contribution is 2.31. The minimum atomic E-state index is -0.250. The number of amides is 1. The first-order valence-electron chi connectivity index (χ1n) is 10.4. The van der Waals surface area contributed by atoms with E-state index in [2.05, 4.69) is 31.3 Å². The molecule has 4 heterocycles. The lowest BCUT2D eigenvalue weighted by Gasteiger charge is -2.34. The molecule has 3 N–H and O–H groups in total. The van der Waals surface area contributed by atoms with Gasteiger partial charge in [-0.25, -0.2) is 15.0 Å². The van der Waals surface area contributed by atoms with E-state index in [4.69, 9.17) is 9.90 Å². The summed E-state index contributed by atoms with van der Waals surface area (Å²) in [6, 6.07) is 2.43. The first kappa shape index (κ1) is 21.2. The summed E-state index contributed by atoms with van der Waals surface area (Å²) >= 11 is 1.63. The summed E-state index contributed by atoms with van der Waals surface area (Å²) in [4.78, 5) is 41.0. The number of aromatic amines is 1. The molecule has 10 heteroatoms. The van der Waals surface area contributed by atoms with Gasteiger partial charge in [0.1, 0.15) is 22.8 Å². The van der Waals surface area contributed by atoms with Crippen LogP contribution in [0.2, 0.25) is 0 Å². The van der Waals surface area contributed by atoms with E-state index in [1.54, 1.807) is 17.7 Å². The number of carboxylic acid groups (broad SMARTS) is 1. The van der Waals surface area contributed by atoms with Crippen LogP contribution in [0.25, 0.3) is 10.2 Å². The van der Waals surface area contributed by atoms with Crippen LogP contribution >= 0.6 is 11.3 Å². The summed E-state index contributed by atoms with van der Waals surface area (Å²) in [5, 5.41) is 13.6. The van der Waals surface area contributed by atoms with Crippen LogP contribution in [0.5, 0.6) is 0 Å². The molecule has 3 aromatic heterocycles. The Bertz CT molecular complexity index is 1060. The highest BCUT2D eigenvalue weighted by Gasteiger charge is 2.32. The van der Waals surface area contributed by atoms with Crippen LogP contribution in [-0.4, -0.2) is 54.9 Å². The maximum Gasteiger partial charge on any atom is 0.290 e. The molecule has 0 unspecified atom stereocenters. The Balaban J connectivity index is 0.000000730. The number of rotatable bonds is 3. The predicted octanol–water partition coefficient (Wildman–Crippen LogP) is 2.98. The minimum absolute atomic E-state index is 0.134. The number of H-pyrrole nitrogens is 1. The standard InChI is InChI=1S/C20H24N6OS.CH2O2/c1-12-23-16-6-8-26(10-17(16)24-12)20(27)13-2-4-14(5-3-13)25-18-15-7-9-28-19(15)22-11-21-18;2-1-3/h7,9,11,13-14H,2-6,8,10H2,1H3,(H,23,24)(H,21,22,25);1H,(H,2,3). The zero-order chi connectivity index (χ0) is 21.8. The number of imidazole rings is 1. The second kappa shape index (κ2) is 9.42. The Labute approximate surface area is 183 Å². The monoisotopic (exact) mass is 442 g/mol. The second-order valence-electron chi connectivity index (χ2n) is 7.92. The van der Waals surface area contributed by atoms with Crippen molar-refractivity contribution in [3.05, 3.63) is 35.0 Å². The summed E-state index contributed by atoms with van der Waals surface area (Å²) in [5.74, 6) is 2.29. The lowest BCUT2D eigenvalue weighted by Crippen LogP contribution is -2.42. The molecule has 1 fully saturated rings. The Morgan fingerprint density at radius 3 is 2.87 bits per heavy atom. The highest BCUT2D eigenvalue weighted by atomic mass is 32.1. The van der Waals surface area contributed by atoms with Crippen molar-refractivity contribution in [2.75, 3.05) is 11.9 Å². The molecule has 2 aliphatic rings. The van der Waals surface area contributed by atoms with Crippen molar-refractivity contribution in [2.24, 2.45) is 5.92 Å². The Hall–Kier alpha value is -3.01. The Kier molecular flexibility index (Phi) is 6.45. The number of hydrogen-bond acceptors (Lipinski definition) is 7. The summed E-state index contributed by atoms with van der Waals surface area (Å²) < 4.78 is 0. The molecule has 31 heavy (non-hydrogen) atoms. The molecule has 164 valence electrons. The van der Waals surface area contributed by atoms with Crippen LogP contribution in [-0.2, 0) is 22.6 Å². The van der Waals surface area contributed by atoms with Gasteiger partial charge in [-0.05, 0) is 44.1 Å². The van der Waals surface area contributed by atoms with E-state index >= 15 is 0 Å². The Morgan fingerprint density at radius 1 is 1.32 bits per heavy atom. The van der Waals surface area contributed by atoms with Crippen molar-refractivity contribution >= 4 is 39.8 Å². The molecule has 0 bridgehead atoms. The molecular weight excluding hydrogens is 416 g/mol. The van der Waals surface area contributed by atoms with E-state index in [0.29, 0.717) is 18.5 Å². The van der Waals surface area contributed by atoms with Gasteiger partial charge in [0.05, 0.1) is 23.3 Å². The van der Waals surface area contributed by atoms with Crippen molar-refractivity contribution in [1.29, 1.82) is 0 Å². The average Bonchev–Trinajstić information content (AvgIpc) is 3.40. The lowest BCUT2D eigenvalue weighted by molar-refractivity contribution is -0.137. The number of fused-ring (bicyclic) bond motifs is 2. The molecule has 3 aromatic rings. The van der Waals surface area contributed by atoms with Crippen molar-refractivity contribution in [1.82, 2.24) is 24.8 Å². The minimum Gasteiger partial charge on any atom is -0.483 e. The number of nitrogens with zero attached hydrogens (tertiary/aromatic N) is 4. The van der Waals surface area contributed by atoms with Gasteiger partial charge in [-0.1, -0.05) is 0 Å². The number of anilines is 1. The van der Waals surface area contributed by atoms with E-state index in [1.165, 1.54) is 0 Å². The fourth-order valence-electron chi connectivity index (χ4n) is 4.47. The number of aromatic nitrogens is 4. The molecule has 0 atom stereocenters. The van der Waals surface area contributed by atoms with Gasteiger partial charge in [0.2, 0.25) is 5.91 Å². The van der Waals surface area contributed by atoms with E-state index < -0.39 is 0 Å². The molecule has 5 rings (SSSR count). The maximum atomic E-state index is 13.0. The van der Waals surface area contributed by atoms with E-state index in [1.807, 2.05) is 17.2 Å².